The molecular formula is C27H26. The maximum Gasteiger partial charge on any atom is 0.0672 e. The molecule has 1 aliphatic carbocycles. The SMILES string of the molecule is CC1=CC(C)C(C(c2ccccc2)(c2ccccc2)c2ccccc2)=C1C. The Kier molecular flexibility index (Phi) is 4.58. The largest absolute Gasteiger partial charge is 0.0743 e. The predicted octanol–water partition coefficient (Wildman–Crippen LogP) is 6.93. The summed E-state index contributed by atoms with van der Waals surface area (Å²) in [5, 5.41) is 0. The van der Waals surface area contributed by atoms with Crippen molar-refractivity contribution >= 4 is 0 Å². The molecule has 0 heterocycles. The molecule has 1 atom stereocenters. The molecule has 0 fully saturated rings. The number of hydrogen-bond donors (Lipinski definition) is 0. The van der Waals surface area contributed by atoms with E-state index in [4.69, 9.17) is 0 Å². The fraction of sp³-hybridized carbons (Fsp3) is 0.185. The quantitative estimate of drug-likeness (QED) is 0.447. The van der Waals surface area contributed by atoms with E-state index in [-0.39, 0.29) is 5.41 Å². The van der Waals surface area contributed by atoms with E-state index in [0.29, 0.717) is 5.92 Å². The lowest BCUT2D eigenvalue weighted by Crippen LogP contribution is -2.34. The van der Waals surface area contributed by atoms with Gasteiger partial charge in [-0.2, -0.15) is 0 Å². The van der Waals surface area contributed by atoms with Crippen LogP contribution in [0.2, 0.25) is 0 Å². The summed E-state index contributed by atoms with van der Waals surface area (Å²) in [6.07, 6.45) is 2.41. The molecule has 0 spiro atoms. The van der Waals surface area contributed by atoms with Gasteiger partial charge in [0.05, 0.1) is 5.41 Å². The van der Waals surface area contributed by atoms with E-state index in [1.54, 1.807) is 0 Å². The molecule has 0 aliphatic heterocycles. The van der Waals surface area contributed by atoms with Gasteiger partial charge in [-0.3, -0.25) is 0 Å². The van der Waals surface area contributed by atoms with Crippen molar-refractivity contribution in [1.29, 1.82) is 0 Å². The van der Waals surface area contributed by atoms with Gasteiger partial charge in [0.25, 0.3) is 0 Å². The van der Waals surface area contributed by atoms with Gasteiger partial charge < -0.3 is 0 Å². The average molecular weight is 351 g/mol. The molecule has 1 unspecified atom stereocenters. The Morgan fingerprint density at radius 3 is 1.26 bits per heavy atom. The molecule has 0 radical (unpaired) electrons. The molecule has 1 aliphatic rings. The van der Waals surface area contributed by atoms with Crippen molar-refractivity contribution in [1.82, 2.24) is 0 Å². The minimum atomic E-state index is -0.290. The molecule has 134 valence electrons. The molecule has 0 amide bonds. The van der Waals surface area contributed by atoms with Crippen LogP contribution in [0.4, 0.5) is 0 Å². The molecule has 4 rings (SSSR count). The van der Waals surface area contributed by atoms with E-state index in [0.717, 1.165) is 0 Å². The Balaban J connectivity index is 2.15. The highest BCUT2D eigenvalue weighted by atomic mass is 14.5. The first-order valence-electron chi connectivity index (χ1n) is 9.72. The summed E-state index contributed by atoms with van der Waals surface area (Å²) in [6.45, 7) is 6.86. The van der Waals surface area contributed by atoms with E-state index in [2.05, 4.69) is 118 Å². The first-order valence-corrected chi connectivity index (χ1v) is 9.72. The standard InChI is InChI=1S/C27H26/c1-20-19-21(2)26(22(20)3)27(23-13-7-4-8-14-23,24-15-9-5-10-16-24)25-17-11-6-12-18-25/h4-19,21H,1-3H3. The van der Waals surface area contributed by atoms with Gasteiger partial charge in [-0.1, -0.05) is 110 Å². The van der Waals surface area contributed by atoms with Gasteiger partial charge in [-0.05, 0) is 47.6 Å². The summed E-state index contributed by atoms with van der Waals surface area (Å²) >= 11 is 0. The Labute approximate surface area is 162 Å². The molecule has 3 aromatic carbocycles. The smallest absolute Gasteiger partial charge is 0.0672 e. The third-order valence-corrected chi connectivity index (χ3v) is 5.98. The molecule has 0 N–H and O–H groups in total. The van der Waals surface area contributed by atoms with E-state index < -0.39 is 0 Å². The monoisotopic (exact) mass is 350 g/mol. The first-order chi connectivity index (χ1) is 13.2. The van der Waals surface area contributed by atoms with Crippen molar-refractivity contribution < 1.29 is 0 Å². The number of hydrogen-bond acceptors (Lipinski definition) is 0. The molecule has 0 saturated carbocycles. The van der Waals surface area contributed by atoms with Crippen LogP contribution in [0.1, 0.15) is 37.5 Å². The minimum Gasteiger partial charge on any atom is -0.0743 e. The van der Waals surface area contributed by atoms with Gasteiger partial charge in [0.1, 0.15) is 0 Å². The summed E-state index contributed by atoms with van der Waals surface area (Å²) < 4.78 is 0. The number of rotatable bonds is 4. The van der Waals surface area contributed by atoms with Crippen LogP contribution in [0.25, 0.3) is 0 Å². The van der Waals surface area contributed by atoms with Crippen LogP contribution in [0.5, 0.6) is 0 Å². The maximum atomic E-state index is 2.41. The number of allylic oxidation sites excluding steroid dienone is 4. The topological polar surface area (TPSA) is 0 Å². The maximum absolute atomic E-state index is 2.41. The summed E-state index contributed by atoms with van der Waals surface area (Å²) in [5.41, 5.74) is 7.99. The van der Waals surface area contributed by atoms with Gasteiger partial charge in [0.15, 0.2) is 0 Å². The lowest BCUT2D eigenvalue weighted by Gasteiger charge is -2.40. The van der Waals surface area contributed by atoms with Crippen molar-refractivity contribution in [3.63, 3.8) is 0 Å². The fourth-order valence-electron chi connectivity index (χ4n) is 4.79. The van der Waals surface area contributed by atoms with E-state index >= 15 is 0 Å². The molecule has 0 nitrogen and oxygen atoms in total. The highest BCUT2D eigenvalue weighted by molar-refractivity contribution is 5.64. The van der Waals surface area contributed by atoms with Gasteiger partial charge in [-0.15, -0.1) is 0 Å². The Morgan fingerprint density at radius 2 is 0.963 bits per heavy atom. The summed E-state index contributed by atoms with van der Waals surface area (Å²) in [5.74, 6) is 0.394. The summed E-state index contributed by atoms with van der Waals surface area (Å²) in [7, 11) is 0. The first kappa shape index (κ1) is 17.5. The highest BCUT2D eigenvalue weighted by Gasteiger charge is 2.43. The van der Waals surface area contributed by atoms with E-state index in [1.165, 1.54) is 33.4 Å². The van der Waals surface area contributed by atoms with Crippen LogP contribution in [0.15, 0.2) is 114 Å². The van der Waals surface area contributed by atoms with Crippen LogP contribution in [-0.4, -0.2) is 0 Å². The second kappa shape index (κ2) is 7.04. The van der Waals surface area contributed by atoms with Gasteiger partial charge >= 0.3 is 0 Å². The lowest BCUT2D eigenvalue weighted by atomic mass is 9.62. The number of benzene rings is 3. The molecule has 0 bridgehead atoms. The van der Waals surface area contributed by atoms with Gasteiger partial charge in [0, 0.05) is 0 Å². The average Bonchev–Trinajstić information content (AvgIpc) is 2.98. The lowest BCUT2D eigenvalue weighted by molar-refractivity contribution is 0.641. The summed E-state index contributed by atoms with van der Waals surface area (Å²) in [4.78, 5) is 0. The van der Waals surface area contributed by atoms with E-state index in [9.17, 15) is 0 Å². The van der Waals surface area contributed by atoms with Crippen molar-refractivity contribution in [3.05, 3.63) is 130 Å². The highest BCUT2D eigenvalue weighted by Crippen LogP contribution is 2.52. The molecular weight excluding hydrogens is 324 g/mol. The minimum absolute atomic E-state index is 0.290. The third-order valence-electron chi connectivity index (χ3n) is 5.98. The molecule has 0 saturated heterocycles. The Hall–Kier alpha value is -2.86. The van der Waals surface area contributed by atoms with Crippen LogP contribution in [0, 0.1) is 5.92 Å². The predicted molar refractivity (Wildman–Crippen MR) is 115 cm³/mol. The fourth-order valence-corrected chi connectivity index (χ4v) is 4.79. The molecule has 3 aromatic rings. The van der Waals surface area contributed by atoms with Gasteiger partial charge in [0.2, 0.25) is 0 Å². The Bertz CT molecular complexity index is 879. The van der Waals surface area contributed by atoms with Crippen LogP contribution in [-0.2, 0) is 5.41 Å². The van der Waals surface area contributed by atoms with Crippen molar-refractivity contribution in [2.24, 2.45) is 5.92 Å². The second-order valence-corrected chi connectivity index (χ2v) is 7.53. The Morgan fingerprint density at radius 1 is 0.593 bits per heavy atom. The summed E-state index contributed by atoms with van der Waals surface area (Å²) in [6, 6.07) is 32.9. The zero-order valence-electron chi connectivity index (χ0n) is 16.3. The second-order valence-electron chi connectivity index (χ2n) is 7.53. The molecule has 0 heteroatoms. The zero-order valence-corrected chi connectivity index (χ0v) is 16.3. The van der Waals surface area contributed by atoms with Crippen LogP contribution in [0.3, 0.4) is 0 Å². The zero-order chi connectivity index (χ0) is 18.9. The van der Waals surface area contributed by atoms with Crippen molar-refractivity contribution in [3.8, 4) is 0 Å². The normalized spacial score (nSPS) is 17.1. The van der Waals surface area contributed by atoms with Crippen LogP contribution < -0.4 is 0 Å². The third kappa shape index (κ3) is 2.77. The van der Waals surface area contributed by atoms with Crippen molar-refractivity contribution in [2.45, 2.75) is 26.2 Å². The van der Waals surface area contributed by atoms with Crippen molar-refractivity contribution in [2.75, 3.05) is 0 Å². The molecule has 0 aromatic heterocycles. The van der Waals surface area contributed by atoms with Gasteiger partial charge in [-0.25, -0.2) is 0 Å². The van der Waals surface area contributed by atoms with Crippen LogP contribution >= 0.6 is 0 Å². The van der Waals surface area contributed by atoms with E-state index in [1.807, 2.05) is 0 Å². The molecule has 27 heavy (non-hydrogen) atoms.